The maximum absolute atomic E-state index is 12.4. The lowest BCUT2D eigenvalue weighted by Gasteiger charge is -2.31. The van der Waals surface area contributed by atoms with E-state index in [0.29, 0.717) is 0 Å². The van der Waals surface area contributed by atoms with E-state index in [-0.39, 0.29) is 24.2 Å². The molecule has 0 spiro atoms. The van der Waals surface area contributed by atoms with Crippen molar-refractivity contribution in [3.05, 3.63) is 35.9 Å². The topological polar surface area (TPSA) is 35.6 Å². The molecule has 3 unspecified atom stereocenters. The summed E-state index contributed by atoms with van der Waals surface area (Å²) < 4.78 is 0. The largest absolute Gasteiger partial charge is 0.319 e. The molecule has 0 aromatic heterocycles. The Hall–Kier alpha value is -1.39. The van der Waals surface area contributed by atoms with Gasteiger partial charge >= 0.3 is 0 Å². The van der Waals surface area contributed by atoms with E-state index in [9.17, 15) is 4.79 Å². The van der Waals surface area contributed by atoms with Gasteiger partial charge in [0.05, 0.1) is 6.04 Å². The highest BCUT2D eigenvalue weighted by atomic mass is 16.2. The van der Waals surface area contributed by atoms with Crippen LogP contribution in [0.3, 0.4) is 0 Å². The van der Waals surface area contributed by atoms with Gasteiger partial charge in [0.2, 0.25) is 5.91 Å². The Morgan fingerprint density at radius 2 is 1.95 bits per heavy atom. The number of hydrogen-bond acceptors (Lipinski definition) is 3. The van der Waals surface area contributed by atoms with Crippen LogP contribution in [0.2, 0.25) is 0 Å². The molecule has 0 bridgehead atoms. The van der Waals surface area contributed by atoms with E-state index in [1.54, 1.807) is 0 Å². The van der Waals surface area contributed by atoms with Crippen molar-refractivity contribution in [1.29, 1.82) is 0 Å². The summed E-state index contributed by atoms with van der Waals surface area (Å²) in [4.78, 5) is 16.6. The maximum Gasteiger partial charge on any atom is 0.241 e. The predicted molar refractivity (Wildman–Crippen MR) is 81.3 cm³/mol. The third kappa shape index (κ3) is 3.19. The van der Waals surface area contributed by atoms with Gasteiger partial charge in [-0.05, 0) is 46.5 Å². The first kappa shape index (κ1) is 15.0. The fourth-order valence-corrected chi connectivity index (χ4v) is 2.69. The second kappa shape index (κ2) is 6.37. The van der Waals surface area contributed by atoms with E-state index in [1.807, 2.05) is 30.0 Å². The molecule has 1 fully saturated rings. The van der Waals surface area contributed by atoms with Crippen LogP contribution in [0.5, 0.6) is 0 Å². The zero-order valence-electron chi connectivity index (χ0n) is 12.8. The number of amides is 1. The van der Waals surface area contributed by atoms with Gasteiger partial charge in [0.25, 0.3) is 0 Å². The molecule has 110 valence electrons. The summed E-state index contributed by atoms with van der Waals surface area (Å²) in [6.45, 7) is 5.06. The van der Waals surface area contributed by atoms with Crippen LogP contribution in [-0.4, -0.2) is 48.4 Å². The standard InChI is InChI=1S/C16H25N3O/c1-12(10-11-18(3)4)19-15(17-13(2)16(19)20)14-8-6-5-7-9-14/h5-9,12-13,15,17H,10-11H2,1-4H3. The average Bonchev–Trinajstić information content (AvgIpc) is 2.73. The quantitative estimate of drug-likeness (QED) is 0.891. The van der Waals surface area contributed by atoms with Crippen LogP contribution in [0, 0.1) is 0 Å². The molecule has 1 aromatic rings. The Morgan fingerprint density at radius 3 is 2.55 bits per heavy atom. The minimum absolute atomic E-state index is 0.00383. The molecule has 3 atom stereocenters. The van der Waals surface area contributed by atoms with E-state index in [2.05, 4.69) is 43.4 Å². The van der Waals surface area contributed by atoms with Gasteiger partial charge in [0, 0.05) is 6.04 Å². The minimum atomic E-state index is -0.109. The summed E-state index contributed by atoms with van der Waals surface area (Å²) in [5, 5.41) is 3.40. The first-order valence-electron chi connectivity index (χ1n) is 7.28. The van der Waals surface area contributed by atoms with Crippen LogP contribution >= 0.6 is 0 Å². The Morgan fingerprint density at radius 1 is 1.30 bits per heavy atom. The SMILES string of the molecule is CC1NC(c2ccccc2)N(C(C)CCN(C)C)C1=O. The average molecular weight is 275 g/mol. The number of nitrogens with one attached hydrogen (secondary N) is 1. The highest BCUT2D eigenvalue weighted by Crippen LogP contribution is 2.28. The molecule has 20 heavy (non-hydrogen) atoms. The van der Waals surface area contributed by atoms with E-state index in [1.165, 1.54) is 0 Å². The summed E-state index contributed by atoms with van der Waals surface area (Å²) in [6, 6.07) is 10.3. The predicted octanol–water partition coefficient (Wildman–Crippen LogP) is 1.85. The molecule has 1 aliphatic rings. The molecule has 1 amide bonds. The monoisotopic (exact) mass is 275 g/mol. The van der Waals surface area contributed by atoms with Crippen molar-refractivity contribution < 1.29 is 4.79 Å². The van der Waals surface area contributed by atoms with Gasteiger partial charge in [-0.3, -0.25) is 10.1 Å². The first-order chi connectivity index (χ1) is 9.50. The summed E-state index contributed by atoms with van der Waals surface area (Å²) in [7, 11) is 4.13. The zero-order chi connectivity index (χ0) is 14.7. The van der Waals surface area contributed by atoms with Gasteiger partial charge in [-0.25, -0.2) is 0 Å². The smallest absolute Gasteiger partial charge is 0.241 e. The molecule has 0 saturated carbocycles. The van der Waals surface area contributed by atoms with Crippen LogP contribution in [0.25, 0.3) is 0 Å². The lowest BCUT2D eigenvalue weighted by atomic mass is 10.1. The number of nitrogens with zero attached hydrogens (tertiary/aromatic N) is 2. The van der Waals surface area contributed by atoms with Crippen LogP contribution in [0.4, 0.5) is 0 Å². The van der Waals surface area contributed by atoms with Gasteiger partial charge in [-0.15, -0.1) is 0 Å². The van der Waals surface area contributed by atoms with Gasteiger partial charge in [-0.1, -0.05) is 30.3 Å². The zero-order valence-corrected chi connectivity index (χ0v) is 12.8. The van der Waals surface area contributed by atoms with Crippen molar-refractivity contribution in [1.82, 2.24) is 15.1 Å². The number of hydrogen-bond donors (Lipinski definition) is 1. The Labute approximate surface area is 121 Å². The molecule has 1 aliphatic heterocycles. The Kier molecular flexibility index (Phi) is 4.78. The third-order valence-electron chi connectivity index (χ3n) is 3.90. The molecular formula is C16H25N3O. The van der Waals surface area contributed by atoms with E-state index < -0.39 is 0 Å². The van der Waals surface area contributed by atoms with Crippen molar-refractivity contribution in [2.75, 3.05) is 20.6 Å². The van der Waals surface area contributed by atoms with Crippen molar-refractivity contribution in [2.45, 2.75) is 38.5 Å². The number of benzene rings is 1. The molecule has 4 nitrogen and oxygen atoms in total. The first-order valence-corrected chi connectivity index (χ1v) is 7.28. The van der Waals surface area contributed by atoms with Crippen molar-refractivity contribution in [2.24, 2.45) is 0 Å². The van der Waals surface area contributed by atoms with E-state index in [0.717, 1.165) is 18.5 Å². The Balaban J connectivity index is 2.16. The van der Waals surface area contributed by atoms with E-state index in [4.69, 9.17) is 0 Å². The van der Waals surface area contributed by atoms with Crippen LogP contribution in [-0.2, 0) is 4.79 Å². The maximum atomic E-state index is 12.4. The fraction of sp³-hybridized carbons (Fsp3) is 0.562. The third-order valence-corrected chi connectivity index (χ3v) is 3.90. The molecule has 1 saturated heterocycles. The number of carbonyl (C=O) groups excluding carboxylic acids is 1. The van der Waals surface area contributed by atoms with Gasteiger partial charge in [-0.2, -0.15) is 0 Å². The lowest BCUT2D eigenvalue weighted by Crippen LogP contribution is -2.39. The fourth-order valence-electron chi connectivity index (χ4n) is 2.69. The molecule has 0 radical (unpaired) electrons. The van der Waals surface area contributed by atoms with Crippen LogP contribution < -0.4 is 5.32 Å². The van der Waals surface area contributed by atoms with Crippen molar-refractivity contribution in [3.8, 4) is 0 Å². The summed E-state index contributed by atoms with van der Waals surface area (Å²) in [6.07, 6.45) is 0.979. The van der Waals surface area contributed by atoms with Gasteiger partial charge in [0.15, 0.2) is 0 Å². The van der Waals surface area contributed by atoms with E-state index >= 15 is 0 Å². The second-order valence-electron chi connectivity index (χ2n) is 5.89. The number of rotatable bonds is 5. The summed E-state index contributed by atoms with van der Waals surface area (Å²) >= 11 is 0. The molecule has 4 heteroatoms. The molecule has 1 heterocycles. The van der Waals surface area contributed by atoms with Crippen molar-refractivity contribution >= 4 is 5.91 Å². The molecule has 1 aromatic carbocycles. The summed E-state index contributed by atoms with van der Waals surface area (Å²) in [5.74, 6) is 0.199. The van der Waals surface area contributed by atoms with Crippen molar-refractivity contribution in [3.63, 3.8) is 0 Å². The van der Waals surface area contributed by atoms with Crippen LogP contribution in [0.15, 0.2) is 30.3 Å². The van der Waals surface area contributed by atoms with Gasteiger partial charge in [0.1, 0.15) is 6.17 Å². The highest BCUT2D eigenvalue weighted by Gasteiger charge is 2.39. The normalized spacial score (nSPS) is 24.4. The highest BCUT2D eigenvalue weighted by molar-refractivity contribution is 5.84. The molecule has 1 N–H and O–H groups in total. The Bertz CT molecular complexity index is 446. The molecule has 2 rings (SSSR count). The minimum Gasteiger partial charge on any atom is -0.319 e. The van der Waals surface area contributed by atoms with Gasteiger partial charge < -0.3 is 9.80 Å². The molecule has 0 aliphatic carbocycles. The lowest BCUT2D eigenvalue weighted by molar-refractivity contribution is -0.132. The summed E-state index contributed by atoms with van der Waals surface area (Å²) in [5.41, 5.74) is 1.15. The van der Waals surface area contributed by atoms with Crippen LogP contribution in [0.1, 0.15) is 32.0 Å². The molecular weight excluding hydrogens is 250 g/mol. The second-order valence-corrected chi connectivity index (χ2v) is 5.89. The number of carbonyl (C=O) groups is 1.